The lowest BCUT2D eigenvalue weighted by Gasteiger charge is -2.32. The van der Waals surface area contributed by atoms with Crippen molar-refractivity contribution in [2.45, 2.75) is 38.6 Å². The molecule has 1 saturated heterocycles. The molecule has 0 aromatic carbocycles. The Morgan fingerprint density at radius 2 is 2.00 bits per heavy atom. The van der Waals surface area contributed by atoms with Crippen LogP contribution >= 0.6 is 22.9 Å². The van der Waals surface area contributed by atoms with Crippen LogP contribution in [-0.4, -0.2) is 44.6 Å². The molecule has 3 aromatic rings. The summed E-state index contributed by atoms with van der Waals surface area (Å²) in [5, 5.41) is 8.86. The maximum atomic E-state index is 14.6. The highest BCUT2D eigenvalue weighted by Crippen LogP contribution is 2.33. The summed E-state index contributed by atoms with van der Waals surface area (Å²) in [5.74, 6) is 5.35. The zero-order valence-corrected chi connectivity index (χ0v) is 21.1. The van der Waals surface area contributed by atoms with E-state index in [-0.39, 0.29) is 22.5 Å². The van der Waals surface area contributed by atoms with Gasteiger partial charge in [0.15, 0.2) is 11.6 Å². The lowest BCUT2D eigenvalue weighted by atomic mass is 9.93. The van der Waals surface area contributed by atoms with E-state index in [4.69, 9.17) is 11.6 Å². The summed E-state index contributed by atoms with van der Waals surface area (Å²) in [6.45, 7) is 2.07. The van der Waals surface area contributed by atoms with Crippen LogP contribution in [0.3, 0.4) is 0 Å². The number of nitrogens with one attached hydrogen (secondary N) is 1. The number of carbonyl (C=O) groups excluding carboxylic acids is 2. The van der Waals surface area contributed by atoms with Gasteiger partial charge < -0.3 is 10.2 Å². The summed E-state index contributed by atoms with van der Waals surface area (Å²) in [4.78, 5) is 32.1. The Morgan fingerprint density at radius 3 is 2.69 bits per heavy atom. The minimum atomic E-state index is -0.684. The summed E-state index contributed by atoms with van der Waals surface area (Å²) in [6, 6.07) is 5.01. The second-order valence-electron chi connectivity index (χ2n) is 9.13. The molecule has 0 spiro atoms. The monoisotopic (exact) mass is 525 g/mol. The van der Waals surface area contributed by atoms with Crippen LogP contribution in [0.1, 0.15) is 53.0 Å². The number of nitrogens with zero attached hydrogens (tertiary/aromatic N) is 4. The lowest BCUT2D eigenvalue weighted by molar-refractivity contribution is -0.134. The zero-order chi connectivity index (χ0) is 25.1. The Morgan fingerprint density at radius 1 is 1.19 bits per heavy atom. The highest BCUT2D eigenvalue weighted by molar-refractivity contribution is 7.10. The van der Waals surface area contributed by atoms with Gasteiger partial charge in [0.1, 0.15) is 5.69 Å². The molecule has 0 radical (unpaired) electrons. The third kappa shape index (κ3) is 5.77. The Labute approximate surface area is 217 Å². The lowest BCUT2D eigenvalue weighted by Crippen LogP contribution is -2.39. The fraction of sp³-hybridized carbons (Fsp3) is 0.385. The molecule has 10 heteroatoms. The molecule has 2 fully saturated rings. The molecule has 3 aromatic heterocycles. The molecule has 186 valence electrons. The van der Waals surface area contributed by atoms with Crippen molar-refractivity contribution in [1.82, 2.24) is 19.7 Å². The third-order valence-corrected chi connectivity index (χ3v) is 7.60. The highest BCUT2D eigenvalue weighted by Gasteiger charge is 2.34. The van der Waals surface area contributed by atoms with Crippen molar-refractivity contribution < 1.29 is 14.0 Å². The number of amides is 2. The van der Waals surface area contributed by atoms with E-state index in [1.165, 1.54) is 29.8 Å². The summed E-state index contributed by atoms with van der Waals surface area (Å²) in [6.07, 6.45) is 7.57. The first-order valence-corrected chi connectivity index (χ1v) is 13.3. The smallest absolute Gasteiger partial charge is 0.276 e. The highest BCUT2D eigenvalue weighted by atomic mass is 35.5. The number of carbonyl (C=O) groups is 2. The number of pyridine rings is 1. The summed E-state index contributed by atoms with van der Waals surface area (Å²) < 4.78 is 16.2. The van der Waals surface area contributed by atoms with Gasteiger partial charge in [-0.05, 0) is 55.5 Å². The normalized spacial score (nSPS) is 15.9. The van der Waals surface area contributed by atoms with Crippen LogP contribution in [0, 0.1) is 29.5 Å². The zero-order valence-electron chi connectivity index (χ0n) is 19.5. The number of hydrogen-bond acceptors (Lipinski definition) is 5. The molecule has 1 aliphatic heterocycles. The van der Waals surface area contributed by atoms with Gasteiger partial charge in [-0.1, -0.05) is 29.5 Å². The first kappa shape index (κ1) is 24.5. The second kappa shape index (κ2) is 10.8. The molecular formula is C26H25ClFN5O2S. The van der Waals surface area contributed by atoms with Crippen LogP contribution in [0.2, 0.25) is 5.02 Å². The van der Waals surface area contributed by atoms with Crippen LogP contribution in [0.15, 0.2) is 36.0 Å². The number of rotatable bonds is 6. The maximum absolute atomic E-state index is 14.6. The van der Waals surface area contributed by atoms with Crippen LogP contribution in [0.5, 0.6) is 0 Å². The standard InChI is InChI=1S/C26H25ClFN5O2S/c27-21-16-30-33(12-9-17-7-10-32(11-8-17)26(35)19-4-5-19)23(21)25(34)31-24-22(28)14-18(15-29-24)3-6-20-2-1-13-36-20/h1-2,13-17,19H,4-5,7-12H2,(H,29,31,34). The van der Waals surface area contributed by atoms with Crippen molar-refractivity contribution in [3.8, 4) is 11.8 Å². The van der Waals surface area contributed by atoms with Crippen molar-refractivity contribution >= 4 is 40.6 Å². The number of likely N-dealkylation sites (tertiary alicyclic amines) is 1. The van der Waals surface area contributed by atoms with Gasteiger partial charge in [0, 0.05) is 37.3 Å². The third-order valence-electron chi connectivity index (χ3n) is 6.54. The van der Waals surface area contributed by atoms with Gasteiger partial charge in [-0.2, -0.15) is 5.10 Å². The Balaban J connectivity index is 1.18. The fourth-order valence-corrected chi connectivity index (χ4v) is 5.14. The van der Waals surface area contributed by atoms with E-state index in [0.29, 0.717) is 23.9 Å². The molecule has 1 aliphatic carbocycles. The van der Waals surface area contributed by atoms with E-state index in [1.54, 1.807) is 4.68 Å². The number of aryl methyl sites for hydroxylation is 1. The predicted molar refractivity (Wildman–Crippen MR) is 136 cm³/mol. The SMILES string of the molecule is O=C(Nc1ncc(C#Cc2cccs2)cc1F)c1c(Cl)cnn1CCC1CCN(C(=O)C2CC2)CC1. The van der Waals surface area contributed by atoms with Crippen molar-refractivity contribution in [3.63, 3.8) is 0 Å². The fourth-order valence-electron chi connectivity index (χ4n) is 4.34. The maximum Gasteiger partial charge on any atom is 0.276 e. The average Bonchev–Trinajstić information content (AvgIpc) is 3.47. The number of aromatic nitrogens is 3. The van der Waals surface area contributed by atoms with Gasteiger partial charge in [-0.3, -0.25) is 14.3 Å². The van der Waals surface area contributed by atoms with Gasteiger partial charge in [-0.15, -0.1) is 11.3 Å². The van der Waals surface area contributed by atoms with Crippen LogP contribution in [0.4, 0.5) is 10.2 Å². The molecule has 1 N–H and O–H groups in total. The topological polar surface area (TPSA) is 80.1 Å². The molecule has 2 amide bonds. The van der Waals surface area contributed by atoms with Crippen molar-refractivity contribution in [2.75, 3.05) is 18.4 Å². The minimum absolute atomic E-state index is 0.167. The Kier molecular flexibility index (Phi) is 7.35. The van der Waals surface area contributed by atoms with Crippen LogP contribution < -0.4 is 5.32 Å². The molecular weight excluding hydrogens is 501 g/mol. The number of anilines is 1. The Hall–Kier alpha value is -3.22. The molecule has 0 unspecified atom stereocenters. The van der Waals surface area contributed by atoms with E-state index in [2.05, 4.69) is 27.2 Å². The minimum Gasteiger partial charge on any atom is -0.342 e. The van der Waals surface area contributed by atoms with E-state index in [1.807, 2.05) is 22.4 Å². The molecule has 0 bridgehead atoms. The second-order valence-corrected chi connectivity index (χ2v) is 10.5. The van der Waals surface area contributed by atoms with Crippen molar-refractivity contribution in [2.24, 2.45) is 11.8 Å². The van der Waals surface area contributed by atoms with Crippen molar-refractivity contribution in [1.29, 1.82) is 0 Å². The summed E-state index contributed by atoms with van der Waals surface area (Å²) >= 11 is 7.75. The molecule has 4 heterocycles. The Bertz CT molecular complexity index is 1320. The first-order valence-electron chi connectivity index (χ1n) is 12.0. The molecule has 1 saturated carbocycles. The number of piperidine rings is 1. The molecule has 7 nitrogen and oxygen atoms in total. The van der Waals surface area contributed by atoms with E-state index < -0.39 is 11.7 Å². The van der Waals surface area contributed by atoms with E-state index in [9.17, 15) is 14.0 Å². The van der Waals surface area contributed by atoms with Gasteiger partial charge in [0.2, 0.25) is 5.91 Å². The number of halogens is 2. The van der Waals surface area contributed by atoms with Gasteiger partial charge in [0.05, 0.1) is 16.1 Å². The molecule has 0 atom stereocenters. The quantitative estimate of drug-likeness (QED) is 0.468. The van der Waals surface area contributed by atoms with Crippen LogP contribution in [0.25, 0.3) is 0 Å². The number of thiophene rings is 1. The van der Waals surface area contributed by atoms with Gasteiger partial charge >= 0.3 is 0 Å². The summed E-state index contributed by atoms with van der Waals surface area (Å²) in [7, 11) is 0. The largest absolute Gasteiger partial charge is 0.342 e. The van der Waals surface area contributed by atoms with Gasteiger partial charge in [-0.25, -0.2) is 9.37 Å². The number of hydrogen-bond donors (Lipinski definition) is 1. The van der Waals surface area contributed by atoms with Gasteiger partial charge in [0.25, 0.3) is 5.91 Å². The average molecular weight is 526 g/mol. The molecule has 2 aliphatic rings. The molecule has 36 heavy (non-hydrogen) atoms. The first-order chi connectivity index (χ1) is 17.5. The van der Waals surface area contributed by atoms with Crippen LogP contribution in [-0.2, 0) is 11.3 Å². The predicted octanol–water partition coefficient (Wildman–Crippen LogP) is 4.82. The van der Waals surface area contributed by atoms with Crippen molar-refractivity contribution in [3.05, 3.63) is 62.9 Å². The van der Waals surface area contributed by atoms with E-state index >= 15 is 0 Å². The molecule has 5 rings (SSSR count). The summed E-state index contributed by atoms with van der Waals surface area (Å²) in [5.41, 5.74) is 0.577. The van der Waals surface area contributed by atoms with E-state index in [0.717, 1.165) is 50.1 Å².